The Morgan fingerprint density at radius 1 is 1.11 bits per heavy atom. The Bertz CT molecular complexity index is 780. The number of benzene rings is 2. The largest absolute Gasteiger partial charge is 0.383 e. The van der Waals surface area contributed by atoms with Gasteiger partial charge in [0, 0.05) is 43.2 Å². The van der Waals surface area contributed by atoms with E-state index >= 15 is 0 Å². The molecule has 5 nitrogen and oxygen atoms in total. The number of nitrogens with zero attached hydrogens (tertiary/aromatic N) is 1. The number of hydrogen-bond donors (Lipinski definition) is 1. The van der Waals surface area contributed by atoms with Gasteiger partial charge in [-0.3, -0.25) is 9.59 Å². The second kappa shape index (κ2) is 9.02. The molecule has 0 aromatic heterocycles. The van der Waals surface area contributed by atoms with Crippen LogP contribution in [0, 0.1) is 5.92 Å². The minimum absolute atomic E-state index is 0.0370. The molecule has 2 aromatic rings. The summed E-state index contributed by atoms with van der Waals surface area (Å²) in [5, 5.41) is 3.50. The van der Waals surface area contributed by atoms with Crippen molar-refractivity contribution < 1.29 is 14.3 Å². The number of amides is 2. The Kier molecular flexibility index (Phi) is 6.48. The highest BCUT2D eigenvalue weighted by Crippen LogP contribution is 2.33. The molecule has 0 saturated carbocycles. The molecule has 0 bridgehead atoms. The van der Waals surface area contributed by atoms with Crippen molar-refractivity contribution in [2.45, 2.75) is 5.92 Å². The fourth-order valence-electron chi connectivity index (χ4n) is 3.46. The normalized spacial score (nSPS) is 19.1. The lowest BCUT2D eigenvalue weighted by Gasteiger charge is -2.18. The topological polar surface area (TPSA) is 58.6 Å². The minimum atomic E-state index is -0.291. The number of carbonyl (C=O) groups is 2. The number of methoxy groups -OCH3 is 1. The van der Waals surface area contributed by atoms with Crippen LogP contribution in [0.2, 0.25) is 5.02 Å². The molecule has 0 spiro atoms. The van der Waals surface area contributed by atoms with Gasteiger partial charge in [-0.2, -0.15) is 0 Å². The van der Waals surface area contributed by atoms with E-state index in [-0.39, 0.29) is 23.7 Å². The van der Waals surface area contributed by atoms with Crippen molar-refractivity contribution in [2.24, 2.45) is 5.92 Å². The van der Waals surface area contributed by atoms with E-state index in [0.717, 1.165) is 5.56 Å². The van der Waals surface area contributed by atoms with E-state index in [0.29, 0.717) is 36.8 Å². The number of likely N-dealkylation sites (tertiary alicyclic amines) is 1. The van der Waals surface area contributed by atoms with Gasteiger partial charge < -0.3 is 15.0 Å². The third kappa shape index (κ3) is 4.67. The van der Waals surface area contributed by atoms with Gasteiger partial charge in [0.15, 0.2) is 0 Å². The van der Waals surface area contributed by atoms with Gasteiger partial charge in [0.1, 0.15) is 0 Å². The molecule has 3 rings (SSSR count). The van der Waals surface area contributed by atoms with Crippen LogP contribution in [-0.2, 0) is 9.53 Å². The standard InChI is InChI=1S/C21H23ClN2O3/c1-27-12-11-23-20(25)19-14-24(13-18(19)15-5-3-2-4-6-15)21(26)16-7-9-17(22)10-8-16/h2-10,18-19H,11-14H2,1H3,(H,23,25)/t18-,19-/m0/s1. The highest BCUT2D eigenvalue weighted by Gasteiger charge is 2.40. The van der Waals surface area contributed by atoms with Crippen LogP contribution in [0.3, 0.4) is 0 Å². The summed E-state index contributed by atoms with van der Waals surface area (Å²) in [5.41, 5.74) is 1.64. The number of nitrogens with one attached hydrogen (secondary N) is 1. The van der Waals surface area contributed by atoms with Crippen LogP contribution in [0.5, 0.6) is 0 Å². The molecule has 6 heteroatoms. The zero-order valence-electron chi connectivity index (χ0n) is 15.2. The quantitative estimate of drug-likeness (QED) is 0.776. The summed E-state index contributed by atoms with van der Waals surface area (Å²) in [6.45, 7) is 1.81. The van der Waals surface area contributed by atoms with Crippen molar-refractivity contribution in [3.05, 3.63) is 70.7 Å². The summed E-state index contributed by atoms with van der Waals surface area (Å²) in [6.07, 6.45) is 0. The fourth-order valence-corrected chi connectivity index (χ4v) is 3.58. The summed E-state index contributed by atoms with van der Waals surface area (Å²) >= 11 is 5.92. The second-order valence-corrected chi connectivity index (χ2v) is 7.06. The van der Waals surface area contributed by atoms with E-state index < -0.39 is 0 Å². The Morgan fingerprint density at radius 2 is 1.81 bits per heavy atom. The van der Waals surface area contributed by atoms with Gasteiger partial charge in [-0.1, -0.05) is 41.9 Å². The first-order chi connectivity index (χ1) is 13.1. The molecule has 0 aliphatic carbocycles. The smallest absolute Gasteiger partial charge is 0.253 e. The Hall–Kier alpha value is -2.37. The van der Waals surface area contributed by atoms with Crippen LogP contribution < -0.4 is 5.32 Å². The molecule has 2 atom stereocenters. The molecule has 142 valence electrons. The lowest BCUT2D eigenvalue weighted by molar-refractivity contribution is -0.125. The van der Waals surface area contributed by atoms with E-state index in [4.69, 9.17) is 16.3 Å². The van der Waals surface area contributed by atoms with Crippen molar-refractivity contribution in [1.29, 1.82) is 0 Å². The molecule has 0 radical (unpaired) electrons. The maximum absolute atomic E-state index is 12.9. The first-order valence-corrected chi connectivity index (χ1v) is 9.34. The molecule has 1 aliphatic heterocycles. The van der Waals surface area contributed by atoms with E-state index in [1.54, 1.807) is 36.3 Å². The summed E-state index contributed by atoms with van der Waals surface area (Å²) < 4.78 is 5.00. The van der Waals surface area contributed by atoms with Gasteiger partial charge in [-0.15, -0.1) is 0 Å². The van der Waals surface area contributed by atoms with E-state index in [1.165, 1.54) is 0 Å². The highest BCUT2D eigenvalue weighted by atomic mass is 35.5. The zero-order chi connectivity index (χ0) is 19.2. The third-order valence-electron chi connectivity index (χ3n) is 4.87. The monoisotopic (exact) mass is 386 g/mol. The predicted octanol–water partition coefficient (Wildman–Crippen LogP) is 2.96. The summed E-state index contributed by atoms with van der Waals surface area (Å²) in [5.74, 6) is -0.461. The molecule has 1 N–H and O–H groups in total. The fraction of sp³-hybridized carbons (Fsp3) is 0.333. The van der Waals surface area contributed by atoms with Crippen LogP contribution in [0.4, 0.5) is 0 Å². The molecule has 27 heavy (non-hydrogen) atoms. The van der Waals surface area contributed by atoms with Gasteiger partial charge in [0.25, 0.3) is 5.91 Å². The Morgan fingerprint density at radius 3 is 2.48 bits per heavy atom. The lowest BCUT2D eigenvalue weighted by Crippen LogP contribution is -2.37. The lowest BCUT2D eigenvalue weighted by atomic mass is 9.88. The van der Waals surface area contributed by atoms with Gasteiger partial charge in [-0.05, 0) is 29.8 Å². The summed E-state index contributed by atoms with van der Waals surface area (Å²) in [4.78, 5) is 27.4. The van der Waals surface area contributed by atoms with Crippen molar-refractivity contribution in [3.8, 4) is 0 Å². The minimum Gasteiger partial charge on any atom is -0.383 e. The maximum Gasteiger partial charge on any atom is 0.253 e. The zero-order valence-corrected chi connectivity index (χ0v) is 16.0. The molecular weight excluding hydrogens is 364 g/mol. The maximum atomic E-state index is 12.9. The second-order valence-electron chi connectivity index (χ2n) is 6.62. The van der Waals surface area contributed by atoms with Crippen LogP contribution in [0.15, 0.2) is 54.6 Å². The van der Waals surface area contributed by atoms with E-state index in [2.05, 4.69) is 5.32 Å². The predicted molar refractivity (Wildman–Crippen MR) is 105 cm³/mol. The molecule has 1 heterocycles. The number of halogens is 1. The summed E-state index contributed by atoms with van der Waals surface area (Å²) in [6, 6.07) is 16.7. The van der Waals surface area contributed by atoms with Gasteiger partial charge in [0.2, 0.25) is 5.91 Å². The number of carbonyl (C=O) groups excluding carboxylic acids is 2. The summed E-state index contributed by atoms with van der Waals surface area (Å²) in [7, 11) is 1.60. The van der Waals surface area contributed by atoms with Crippen molar-refractivity contribution in [1.82, 2.24) is 10.2 Å². The molecule has 1 fully saturated rings. The molecule has 1 saturated heterocycles. The van der Waals surface area contributed by atoms with Gasteiger partial charge >= 0.3 is 0 Å². The Labute approximate surface area is 164 Å². The van der Waals surface area contributed by atoms with E-state index in [1.807, 2.05) is 30.3 Å². The molecule has 0 unspecified atom stereocenters. The first-order valence-electron chi connectivity index (χ1n) is 8.96. The van der Waals surface area contributed by atoms with Crippen LogP contribution in [0.25, 0.3) is 0 Å². The average molecular weight is 387 g/mol. The van der Waals surface area contributed by atoms with Crippen molar-refractivity contribution >= 4 is 23.4 Å². The number of rotatable bonds is 6. The number of hydrogen-bond acceptors (Lipinski definition) is 3. The number of ether oxygens (including phenoxy) is 1. The van der Waals surface area contributed by atoms with E-state index in [9.17, 15) is 9.59 Å². The van der Waals surface area contributed by atoms with Crippen LogP contribution in [0.1, 0.15) is 21.8 Å². The van der Waals surface area contributed by atoms with Crippen LogP contribution >= 0.6 is 11.6 Å². The Balaban J connectivity index is 1.79. The molecule has 1 aliphatic rings. The third-order valence-corrected chi connectivity index (χ3v) is 5.12. The molecule has 2 aromatic carbocycles. The molecular formula is C21H23ClN2O3. The molecule has 2 amide bonds. The average Bonchev–Trinajstić information content (AvgIpc) is 3.14. The van der Waals surface area contributed by atoms with Crippen molar-refractivity contribution in [2.75, 3.05) is 33.4 Å². The first kappa shape index (κ1) is 19.4. The van der Waals surface area contributed by atoms with Crippen molar-refractivity contribution in [3.63, 3.8) is 0 Å². The SMILES string of the molecule is COCCNC(=O)[C@H]1CN(C(=O)c2ccc(Cl)cc2)C[C@H]1c1ccccc1. The van der Waals surface area contributed by atoms with Gasteiger partial charge in [-0.25, -0.2) is 0 Å². The van der Waals surface area contributed by atoms with Gasteiger partial charge in [0.05, 0.1) is 12.5 Å². The highest BCUT2D eigenvalue weighted by molar-refractivity contribution is 6.30. The van der Waals surface area contributed by atoms with Crippen LogP contribution in [-0.4, -0.2) is 50.1 Å².